The van der Waals surface area contributed by atoms with E-state index < -0.39 is 18.6 Å². The van der Waals surface area contributed by atoms with Gasteiger partial charge in [-0.2, -0.15) is 0 Å². The Morgan fingerprint density at radius 1 is 0.870 bits per heavy atom. The summed E-state index contributed by atoms with van der Waals surface area (Å²) in [5.74, 6) is -0.0947. The van der Waals surface area contributed by atoms with E-state index in [1.54, 1.807) is 14.2 Å². The standard InChI is InChI=1S/C16H29O2.2CH3O.Ti/c1-4-5-6-7-8-9-10-11-12-13-16(17)18-14-15(2)3;2*1-2;/h1-2,4-14H2,3H3;2*1H3;/q;2*-1;+2. The molecule has 0 unspecified atom stereocenters. The summed E-state index contributed by atoms with van der Waals surface area (Å²) in [6.45, 7) is 5.94. The molecule has 135 valence electrons. The summed E-state index contributed by atoms with van der Waals surface area (Å²) in [5, 5.41) is 0. The molecule has 0 atom stereocenters. The van der Waals surface area contributed by atoms with E-state index in [0.717, 1.165) is 23.1 Å². The number of rotatable bonds is 16. The van der Waals surface area contributed by atoms with Gasteiger partial charge < -0.3 is 4.74 Å². The van der Waals surface area contributed by atoms with Crippen molar-refractivity contribution in [3.05, 3.63) is 12.2 Å². The molecule has 0 bridgehead atoms. The average molecular weight is 363 g/mol. The Bertz CT molecular complexity index is 303. The van der Waals surface area contributed by atoms with Crippen molar-refractivity contribution in [2.24, 2.45) is 0 Å². The Kier molecular flexibility index (Phi) is 16.6. The average Bonchev–Trinajstić information content (AvgIpc) is 2.54. The first-order chi connectivity index (χ1) is 11.1. The molecule has 0 fully saturated rings. The zero-order chi connectivity index (χ0) is 17.3. The van der Waals surface area contributed by atoms with Crippen LogP contribution in [0.25, 0.3) is 0 Å². The molecular weight excluding hydrogens is 328 g/mol. The molecule has 0 saturated carbocycles. The fraction of sp³-hybridized carbons (Fsp3) is 0.833. The fourth-order valence-electron chi connectivity index (χ4n) is 2.34. The Hall–Kier alpha value is -0.156. The van der Waals surface area contributed by atoms with E-state index in [-0.39, 0.29) is 5.97 Å². The molecule has 0 aliphatic carbocycles. The normalized spacial score (nSPS) is 10.6. The molecule has 0 aliphatic rings. The fourth-order valence-corrected chi connectivity index (χ4v) is 4.08. The van der Waals surface area contributed by atoms with Gasteiger partial charge in [0.05, 0.1) is 0 Å². The molecule has 4 nitrogen and oxygen atoms in total. The van der Waals surface area contributed by atoms with Gasteiger partial charge >= 0.3 is 114 Å². The van der Waals surface area contributed by atoms with Crippen LogP contribution in [-0.2, 0) is 34.8 Å². The van der Waals surface area contributed by atoms with Gasteiger partial charge in [-0.15, -0.1) is 0 Å². The first-order valence-electron chi connectivity index (χ1n) is 8.84. The van der Waals surface area contributed by atoms with Crippen molar-refractivity contribution in [2.75, 3.05) is 20.8 Å². The van der Waals surface area contributed by atoms with Gasteiger partial charge in [0.1, 0.15) is 6.61 Å². The van der Waals surface area contributed by atoms with Gasteiger partial charge in [0.2, 0.25) is 0 Å². The number of carbonyl (C=O) groups is 1. The van der Waals surface area contributed by atoms with E-state index in [0.29, 0.717) is 13.0 Å². The van der Waals surface area contributed by atoms with Crippen LogP contribution in [0.4, 0.5) is 0 Å². The predicted octanol–water partition coefficient (Wildman–Crippen LogP) is 5.17. The Morgan fingerprint density at radius 2 is 1.35 bits per heavy atom. The van der Waals surface area contributed by atoms with Gasteiger partial charge in [0, 0.05) is 0 Å². The number of ether oxygens (including phenoxy) is 1. The van der Waals surface area contributed by atoms with E-state index >= 15 is 0 Å². The first kappa shape index (κ1) is 22.8. The molecule has 0 aliphatic heterocycles. The van der Waals surface area contributed by atoms with Crippen LogP contribution in [-0.4, -0.2) is 26.8 Å². The molecule has 0 radical (unpaired) electrons. The van der Waals surface area contributed by atoms with Crippen LogP contribution in [0.5, 0.6) is 0 Å². The topological polar surface area (TPSA) is 44.8 Å². The summed E-state index contributed by atoms with van der Waals surface area (Å²) in [6.07, 6.45) is 11.6. The Balaban J connectivity index is 3.22. The molecule has 0 aromatic carbocycles. The van der Waals surface area contributed by atoms with Crippen LogP contribution >= 0.6 is 0 Å². The van der Waals surface area contributed by atoms with Crippen molar-refractivity contribution in [1.29, 1.82) is 0 Å². The first-order valence-corrected chi connectivity index (χ1v) is 11.2. The zero-order valence-corrected chi connectivity index (χ0v) is 16.9. The molecule has 23 heavy (non-hydrogen) atoms. The minimum atomic E-state index is -1.59. The molecule has 0 aromatic rings. The molecule has 0 rings (SSSR count). The van der Waals surface area contributed by atoms with E-state index in [9.17, 15) is 4.79 Å². The molecule has 0 amide bonds. The maximum atomic E-state index is 11.4. The molecule has 0 heterocycles. The van der Waals surface area contributed by atoms with Gasteiger partial charge in [0.15, 0.2) is 0 Å². The maximum absolute atomic E-state index is 11.4. The van der Waals surface area contributed by atoms with Crippen molar-refractivity contribution in [2.45, 2.75) is 75.9 Å². The molecular formula is C18H35O4Ti. The SMILES string of the molecule is C=C(C)COC(=O)CCCCCCCCCC[CH2][Ti]([O]C)[O]C. The third-order valence-electron chi connectivity index (χ3n) is 3.70. The summed E-state index contributed by atoms with van der Waals surface area (Å²) in [4.78, 5) is 11.4. The number of carbonyl (C=O) groups excluding carboxylic acids is 1. The van der Waals surface area contributed by atoms with Crippen molar-refractivity contribution in [3.8, 4) is 0 Å². The quantitative estimate of drug-likeness (QED) is 0.164. The monoisotopic (exact) mass is 363 g/mol. The van der Waals surface area contributed by atoms with Crippen LogP contribution in [0.1, 0.15) is 71.1 Å². The number of hydrogen-bond donors (Lipinski definition) is 0. The summed E-state index contributed by atoms with van der Waals surface area (Å²) >= 11 is -1.59. The van der Waals surface area contributed by atoms with Crippen LogP contribution in [0.2, 0.25) is 4.73 Å². The number of unbranched alkanes of at least 4 members (excludes halogenated alkanes) is 8. The molecule has 0 spiro atoms. The van der Waals surface area contributed by atoms with Gasteiger partial charge in [-0.05, 0) is 12.5 Å². The summed E-state index contributed by atoms with van der Waals surface area (Å²) in [5.41, 5.74) is 0.890. The number of esters is 1. The van der Waals surface area contributed by atoms with Crippen molar-refractivity contribution < 1.29 is 34.8 Å². The number of hydrogen-bond acceptors (Lipinski definition) is 4. The summed E-state index contributed by atoms with van der Waals surface area (Å²) in [7, 11) is 3.53. The Labute approximate surface area is 149 Å². The van der Waals surface area contributed by atoms with Gasteiger partial charge in [0.25, 0.3) is 0 Å². The second-order valence-corrected chi connectivity index (χ2v) is 9.30. The van der Waals surface area contributed by atoms with Gasteiger partial charge in [-0.1, -0.05) is 6.58 Å². The van der Waals surface area contributed by atoms with E-state index in [1.165, 1.54) is 44.9 Å². The van der Waals surface area contributed by atoms with Gasteiger partial charge in [-0.25, -0.2) is 0 Å². The minimum absolute atomic E-state index is 0.0947. The van der Waals surface area contributed by atoms with Crippen molar-refractivity contribution in [1.82, 2.24) is 0 Å². The summed E-state index contributed by atoms with van der Waals surface area (Å²) < 4.78 is 16.9. The second kappa shape index (κ2) is 16.7. The molecule has 5 heteroatoms. The second-order valence-electron chi connectivity index (χ2n) is 6.08. The van der Waals surface area contributed by atoms with Crippen molar-refractivity contribution >= 4 is 5.97 Å². The molecule has 0 aromatic heterocycles. The van der Waals surface area contributed by atoms with Crippen LogP contribution in [0.15, 0.2) is 12.2 Å². The third kappa shape index (κ3) is 16.5. The predicted molar refractivity (Wildman–Crippen MR) is 90.8 cm³/mol. The van der Waals surface area contributed by atoms with Crippen LogP contribution < -0.4 is 0 Å². The van der Waals surface area contributed by atoms with Crippen molar-refractivity contribution in [3.63, 3.8) is 0 Å². The Morgan fingerprint density at radius 3 is 1.83 bits per heavy atom. The summed E-state index contributed by atoms with van der Waals surface area (Å²) in [6, 6.07) is 0. The van der Waals surface area contributed by atoms with E-state index in [1.807, 2.05) is 6.92 Å². The van der Waals surface area contributed by atoms with Gasteiger partial charge in [-0.3, -0.25) is 4.79 Å². The van der Waals surface area contributed by atoms with E-state index in [2.05, 4.69) is 6.58 Å². The zero-order valence-electron chi connectivity index (χ0n) is 15.3. The third-order valence-corrected chi connectivity index (χ3v) is 6.31. The molecule has 0 saturated heterocycles. The van der Waals surface area contributed by atoms with Crippen LogP contribution in [0.3, 0.4) is 0 Å². The van der Waals surface area contributed by atoms with E-state index in [4.69, 9.17) is 11.4 Å². The molecule has 0 N–H and O–H groups in total. The van der Waals surface area contributed by atoms with Crippen LogP contribution in [0, 0.1) is 0 Å².